The molecule has 0 spiro atoms. The Morgan fingerprint density at radius 1 is 1.20 bits per heavy atom. The molecule has 82 valence electrons. The van der Waals surface area contributed by atoms with E-state index in [0.29, 0.717) is 0 Å². The third kappa shape index (κ3) is 2.53. The minimum atomic E-state index is 0.750. The summed E-state index contributed by atoms with van der Waals surface area (Å²) in [7, 11) is 0. The van der Waals surface area contributed by atoms with E-state index in [1.54, 1.807) is 0 Å². The predicted octanol–water partition coefficient (Wildman–Crippen LogP) is 3.99. The molecule has 0 aliphatic heterocycles. The molecular weight excluding hydrogens is 184 g/mol. The molecule has 15 heavy (non-hydrogen) atoms. The summed E-state index contributed by atoms with van der Waals surface area (Å²) in [6, 6.07) is 8.66. The molecule has 0 saturated heterocycles. The topological polar surface area (TPSA) is 9.23 Å². The molecule has 1 heteroatoms. The van der Waals surface area contributed by atoms with Crippen LogP contribution in [0.15, 0.2) is 24.3 Å². The number of rotatable bonds is 3. The van der Waals surface area contributed by atoms with Gasteiger partial charge < -0.3 is 4.74 Å². The van der Waals surface area contributed by atoms with Gasteiger partial charge in [0.05, 0.1) is 6.61 Å². The van der Waals surface area contributed by atoms with Crippen molar-refractivity contribution in [2.45, 2.75) is 39.0 Å². The first-order valence-corrected chi connectivity index (χ1v) is 6.02. The van der Waals surface area contributed by atoms with Gasteiger partial charge in [-0.15, -0.1) is 0 Å². The molecule has 0 aromatic heterocycles. The Morgan fingerprint density at radius 3 is 2.47 bits per heavy atom. The van der Waals surface area contributed by atoms with Crippen LogP contribution in [0, 0.1) is 5.92 Å². The summed E-state index contributed by atoms with van der Waals surface area (Å²) in [5.74, 6) is 2.68. The van der Waals surface area contributed by atoms with E-state index < -0.39 is 0 Å². The van der Waals surface area contributed by atoms with Crippen LogP contribution in [0.5, 0.6) is 5.75 Å². The Labute approximate surface area is 92.5 Å². The van der Waals surface area contributed by atoms with Gasteiger partial charge >= 0.3 is 0 Å². The smallest absolute Gasteiger partial charge is 0.119 e. The molecule has 0 N–H and O–H groups in total. The van der Waals surface area contributed by atoms with E-state index in [9.17, 15) is 0 Å². The number of hydrogen-bond acceptors (Lipinski definition) is 1. The van der Waals surface area contributed by atoms with E-state index in [0.717, 1.165) is 24.2 Å². The summed E-state index contributed by atoms with van der Waals surface area (Å²) in [5.41, 5.74) is 1.49. The van der Waals surface area contributed by atoms with Crippen molar-refractivity contribution in [3.8, 4) is 5.75 Å². The van der Waals surface area contributed by atoms with Crippen LogP contribution in [0.2, 0.25) is 0 Å². The standard InChI is InChI=1S/C14H20O/c1-3-15-14-8-6-12(7-9-14)13-5-4-11(2)10-13/h6-9,11,13H,3-5,10H2,1-2H3/t11-,13?/m1/s1. The fraction of sp³-hybridized carbons (Fsp3) is 0.571. The van der Waals surface area contributed by atoms with Crippen LogP contribution >= 0.6 is 0 Å². The lowest BCUT2D eigenvalue weighted by atomic mass is 9.97. The molecule has 0 radical (unpaired) electrons. The van der Waals surface area contributed by atoms with Gasteiger partial charge in [0, 0.05) is 0 Å². The lowest BCUT2D eigenvalue weighted by Crippen LogP contribution is -1.95. The van der Waals surface area contributed by atoms with Gasteiger partial charge in [-0.2, -0.15) is 0 Å². The van der Waals surface area contributed by atoms with Crippen molar-refractivity contribution < 1.29 is 4.74 Å². The van der Waals surface area contributed by atoms with Gasteiger partial charge in [-0.3, -0.25) is 0 Å². The van der Waals surface area contributed by atoms with Crippen LogP contribution in [-0.4, -0.2) is 6.61 Å². The maximum Gasteiger partial charge on any atom is 0.119 e. The zero-order chi connectivity index (χ0) is 10.7. The molecule has 1 nitrogen and oxygen atoms in total. The Bertz CT molecular complexity index is 302. The highest BCUT2D eigenvalue weighted by atomic mass is 16.5. The third-order valence-electron chi connectivity index (χ3n) is 3.36. The van der Waals surface area contributed by atoms with Crippen LogP contribution in [0.4, 0.5) is 0 Å². The van der Waals surface area contributed by atoms with Crippen molar-refractivity contribution in [3.05, 3.63) is 29.8 Å². The predicted molar refractivity (Wildman–Crippen MR) is 63.4 cm³/mol. The molecule has 0 heterocycles. The SMILES string of the molecule is CCOc1ccc(C2CC[C@@H](C)C2)cc1. The molecule has 1 aromatic rings. The quantitative estimate of drug-likeness (QED) is 0.723. The highest BCUT2D eigenvalue weighted by Crippen LogP contribution is 2.38. The van der Waals surface area contributed by atoms with E-state index in [2.05, 4.69) is 31.2 Å². The normalized spacial score (nSPS) is 25.5. The van der Waals surface area contributed by atoms with Crippen LogP contribution in [0.3, 0.4) is 0 Å². The average Bonchev–Trinajstić information content (AvgIpc) is 2.67. The summed E-state index contributed by atoms with van der Waals surface area (Å²) in [6.45, 7) is 5.13. The molecule has 1 aliphatic carbocycles. The minimum Gasteiger partial charge on any atom is -0.494 e. The van der Waals surface area contributed by atoms with Gasteiger partial charge in [-0.25, -0.2) is 0 Å². The zero-order valence-electron chi connectivity index (χ0n) is 9.70. The summed E-state index contributed by atoms with van der Waals surface area (Å²) in [5, 5.41) is 0. The van der Waals surface area contributed by atoms with E-state index >= 15 is 0 Å². The first-order chi connectivity index (χ1) is 7.29. The summed E-state index contributed by atoms with van der Waals surface area (Å²) in [4.78, 5) is 0. The van der Waals surface area contributed by atoms with Gasteiger partial charge in [0.25, 0.3) is 0 Å². The first kappa shape index (κ1) is 10.5. The Balaban J connectivity index is 2.03. The van der Waals surface area contributed by atoms with Gasteiger partial charge in [-0.1, -0.05) is 25.5 Å². The molecular formula is C14H20O. The second kappa shape index (κ2) is 4.69. The molecule has 0 amide bonds. The van der Waals surface area contributed by atoms with E-state index in [-0.39, 0.29) is 0 Å². The Morgan fingerprint density at radius 2 is 1.93 bits per heavy atom. The van der Waals surface area contributed by atoms with Crippen LogP contribution in [0.25, 0.3) is 0 Å². The van der Waals surface area contributed by atoms with E-state index in [1.165, 1.54) is 24.8 Å². The van der Waals surface area contributed by atoms with Gasteiger partial charge in [0.15, 0.2) is 0 Å². The van der Waals surface area contributed by atoms with Crippen LogP contribution < -0.4 is 4.74 Å². The lowest BCUT2D eigenvalue weighted by Gasteiger charge is -2.11. The fourth-order valence-electron chi connectivity index (χ4n) is 2.51. The summed E-state index contributed by atoms with van der Waals surface area (Å²) >= 11 is 0. The molecule has 1 unspecified atom stereocenters. The Hall–Kier alpha value is -0.980. The second-order valence-electron chi connectivity index (χ2n) is 4.62. The van der Waals surface area contributed by atoms with E-state index in [1.807, 2.05) is 6.92 Å². The lowest BCUT2D eigenvalue weighted by molar-refractivity contribution is 0.340. The minimum absolute atomic E-state index is 0.750. The molecule has 1 aliphatic rings. The highest BCUT2D eigenvalue weighted by Gasteiger charge is 2.22. The molecule has 1 saturated carbocycles. The molecule has 1 fully saturated rings. The number of ether oxygens (including phenoxy) is 1. The summed E-state index contributed by atoms with van der Waals surface area (Å²) < 4.78 is 5.44. The average molecular weight is 204 g/mol. The zero-order valence-corrected chi connectivity index (χ0v) is 9.70. The first-order valence-electron chi connectivity index (χ1n) is 6.02. The van der Waals surface area contributed by atoms with Crippen LogP contribution in [-0.2, 0) is 0 Å². The molecule has 2 atom stereocenters. The number of benzene rings is 1. The Kier molecular flexibility index (Phi) is 3.30. The monoisotopic (exact) mass is 204 g/mol. The van der Waals surface area contributed by atoms with Crippen molar-refractivity contribution in [3.63, 3.8) is 0 Å². The highest BCUT2D eigenvalue weighted by molar-refractivity contribution is 5.29. The van der Waals surface area contributed by atoms with Gasteiger partial charge in [0.2, 0.25) is 0 Å². The second-order valence-corrected chi connectivity index (χ2v) is 4.62. The molecule has 1 aromatic carbocycles. The van der Waals surface area contributed by atoms with Crippen molar-refractivity contribution in [2.24, 2.45) is 5.92 Å². The number of hydrogen-bond donors (Lipinski definition) is 0. The third-order valence-corrected chi connectivity index (χ3v) is 3.36. The van der Waals surface area contributed by atoms with Crippen molar-refractivity contribution in [2.75, 3.05) is 6.61 Å². The summed E-state index contributed by atoms with van der Waals surface area (Å²) in [6.07, 6.45) is 4.10. The van der Waals surface area contributed by atoms with Gasteiger partial charge in [0.1, 0.15) is 5.75 Å². The maximum absolute atomic E-state index is 5.44. The largest absolute Gasteiger partial charge is 0.494 e. The van der Waals surface area contributed by atoms with E-state index in [4.69, 9.17) is 4.74 Å². The molecule has 0 bridgehead atoms. The fourth-order valence-corrected chi connectivity index (χ4v) is 2.51. The van der Waals surface area contributed by atoms with Crippen molar-refractivity contribution in [1.82, 2.24) is 0 Å². The maximum atomic E-state index is 5.44. The molecule has 2 rings (SSSR count). The van der Waals surface area contributed by atoms with Crippen molar-refractivity contribution >= 4 is 0 Å². The van der Waals surface area contributed by atoms with Crippen molar-refractivity contribution in [1.29, 1.82) is 0 Å². The van der Waals surface area contributed by atoms with Crippen LogP contribution in [0.1, 0.15) is 44.6 Å². The van der Waals surface area contributed by atoms with Gasteiger partial charge in [-0.05, 0) is 49.3 Å².